The second kappa shape index (κ2) is 12.1. The second-order valence-electron chi connectivity index (χ2n) is 7.77. The summed E-state index contributed by atoms with van der Waals surface area (Å²) in [6.07, 6.45) is -2.46. The van der Waals surface area contributed by atoms with Crippen LogP contribution in [0.3, 0.4) is 0 Å². The van der Waals surface area contributed by atoms with Gasteiger partial charge in [0.05, 0.1) is 16.3 Å². The van der Waals surface area contributed by atoms with E-state index in [0.29, 0.717) is 22.6 Å². The van der Waals surface area contributed by atoms with Crippen molar-refractivity contribution >= 4 is 46.6 Å². The largest absolute Gasteiger partial charge is 0.416 e. The average Bonchev–Trinajstić information content (AvgIpc) is 2.82. The molecule has 1 unspecified atom stereocenters. The fraction of sp³-hybridized carbons (Fsp3) is 0.231. The van der Waals surface area contributed by atoms with Gasteiger partial charge in [0, 0.05) is 17.0 Å². The van der Waals surface area contributed by atoms with E-state index in [0.717, 1.165) is 31.0 Å². The zero-order chi connectivity index (χ0) is 25.4. The first-order chi connectivity index (χ1) is 16.7. The van der Waals surface area contributed by atoms with Crippen LogP contribution in [-0.2, 0) is 15.8 Å². The molecule has 0 aromatic heterocycles. The first kappa shape index (κ1) is 26.6. The molecule has 184 valence electrons. The number of thioether (sulfide) groups is 1. The fourth-order valence-corrected chi connectivity index (χ4v) is 4.49. The lowest BCUT2D eigenvalue weighted by Crippen LogP contribution is -2.20. The topological polar surface area (TPSA) is 58.2 Å². The number of rotatable bonds is 9. The molecule has 0 aliphatic carbocycles. The molecule has 0 saturated carbocycles. The first-order valence-electron chi connectivity index (χ1n) is 11.0. The van der Waals surface area contributed by atoms with Gasteiger partial charge in [0.15, 0.2) is 0 Å². The smallest absolute Gasteiger partial charge is 0.326 e. The van der Waals surface area contributed by atoms with Crippen LogP contribution in [0.15, 0.2) is 77.7 Å². The van der Waals surface area contributed by atoms with Crippen molar-refractivity contribution < 1.29 is 22.8 Å². The van der Waals surface area contributed by atoms with Gasteiger partial charge in [-0.3, -0.25) is 9.59 Å². The minimum atomic E-state index is -4.57. The summed E-state index contributed by atoms with van der Waals surface area (Å²) in [4.78, 5) is 26.1. The monoisotopic (exact) mass is 520 g/mol. The summed E-state index contributed by atoms with van der Waals surface area (Å²) in [6.45, 7) is 2.01. The van der Waals surface area contributed by atoms with Crippen molar-refractivity contribution in [2.24, 2.45) is 0 Å². The molecule has 0 heterocycles. The van der Waals surface area contributed by atoms with E-state index >= 15 is 0 Å². The van der Waals surface area contributed by atoms with Crippen molar-refractivity contribution in [2.45, 2.75) is 42.5 Å². The molecule has 0 aliphatic heterocycles. The molecule has 3 aromatic carbocycles. The Morgan fingerprint density at radius 2 is 1.71 bits per heavy atom. The van der Waals surface area contributed by atoms with Crippen LogP contribution < -0.4 is 10.6 Å². The lowest BCUT2D eigenvalue weighted by Gasteiger charge is -2.19. The molecule has 2 amide bonds. The number of carbonyl (C=O) groups excluding carboxylic acids is 2. The fourth-order valence-electron chi connectivity index (χ4n) is 3.24. The number of alkyl halides is 3. The normalized spacial score (nSPS) is 12.1. The van der Waals surface area contributed by atoms with Gasteiger partial charge in [-0.2, -0.15) is 13.2 Å². The number of hydrogen-bond acceptors (Lipinski definition) is 3. The van der Waals surface area contributed by atoms with Crippen LogP contribution in [0.25, 0.3) is 0 Å². The number of carbonyl (C=O) groups is 2. The van der Waals surface area contributed by atoms with Gasteiger partial charge in [0.2, 0.25) is 11.8 Å². The summed E-state index contributed by atoms with van der Waals surface area (Å²) in [5, 5.41) is 4.62. The maximum Gasteiger partial charge on any atom is 0.416 e. The summed E-state index contributed by atoms with van der Waals surface area (Å²) in [5.74, 6) is -0.620. The maximum absolute atomic E-state index is 13.3. The summed E-state index contributed by atoms with van der Waals surface area (Å²) in [7, 11) is 0. The van der Waals surface area contributed by atoms with E-state index in [2.05, 4.69) is 10.6 Å². The van der Waals surface area contributed by atoms with E-state index in [1.165, 1.54) is 11.8 Å². The van der Waals surface area contributed by atoms with Crippen LogP contribution in [-0.4, -0.2) is 11.8 Å². The Hall–Kier alpha value is -2.97. The molecule has 0 saturated heterocycles. The Morgan fingerprint density at radius 3 is 2.40 bits per heavy atom. The minimum absolute atomic E-state index is 0.0000457. The number of hydrogen-bond donors (Lipinski definition) is 2. The van der Waals surface area contributed by atoms with Gasteiger partial charge in [-0.05, 0) is 48.4 Å². The van der Waals surface area contributed by atoms with Crippen LogP contribution in [0.5, 0.6) is 0 Å². The molecule has 4 nitrogen and oxygen atoms in total. The summed E-state index contributed by atoms with van der Waals surface area (Å²) in [5.41, 5.74) is 0.234. The molecule has 9 heteroatoms. The van der Waals surface area contributed by atoms with E-state index in [1.54, 1.807) is 54.6 Å². The second-order valence-corrected chi connectivity index (χ2v) is 9.36. The summed E-state index contributed by atoms with van der Waals surface area (Å²) >= 11 is 7.29. The molecular weight excluding hydrogens is 497 g/mol. The third-order valence-corrected chi connectivity index (χ3v) is 6.60. The van der Waals surface area contributed by atoms with Crippen LogP contribution in [0.2, 0.25) is 5.02 Å². The molecular formula is C26H24ClF3N2O2S. The zero-order valence-corrected chi connectivity index (χ0v) is 20.4. The number of amides is 2. The van der Waals surface area contributed by atoms with Crippen LogP contribution >= 0.6 is 23.4 Å². The number of benzene rings is 3. The lowest BCUT2D eigenvalue weighted by atomic mass is 10.1. The average molecular weight is 521 g/mol. The number of unbranched alkanes of at least 4 members (excludes halogenated alkanes) is 1. The van der Waals surface area contributed by atoms with Gasteiger partial charge in [-0.25, -0.2) is 0 Å². The molecule has 0 fully saturated rings. The van der Waals surface area contributed by atoms with E-state index in [4.69, 9.17) is 11.6 Å². The van der Waals surface area contributed by atoms with Gasteiger partial charge >= 0.3 is 6.18 Å². The van der Waals surface area contributed by atoms with E-state index in [1.807, 2.05) is 6.92 Å². The molecule has 0 radical (unpaired) electrons. The Labute approximate surface area is 211 Å². The third-order valence-electron chi connectivity index (χ3n) is 5.02. The highest BCUT2D eigenvalue weighted by Crippen LogP contribution is 2.39. The van der Waals surface area contributed by atoms with Gasteiger partial charge in [0.25, 0.3) is 0 Å². The number of anilines is 2. The highest BCUT2D eigenvalue weighted by molar-refractivity contribution is 8.00. The van der Waals surface area contributed by atoms with Crippen LogP contribution in [0, 0.1) is 0 Å². The Morgan fingerprint density at radius 1 is 0.971 bits per heavy atom. The SMILES string of the molecule is CCCCC(=O)Nc1cccc(SC(C(=O)Nc2cc(C(F)(F)F)ccc2Cl)c2ccccc2)c1. The maximum atomic E-state index is 13.3. The van der Waals surface area contributed by atoms with Gasteiger partial charge in [-0.1, -0.05) is 61.3 Å². The predicted molar refractivity (Wildman–Crippen MR) is 135 cm³/mol. The zero-order valence-electron chi connectivity index (χ0n) is 18.9. The van der Waals surface area contributed by atoms with Crippen molar-refractivity contribution in [1.29, 1.82) is 0 Å². The quantitative estimate of drug-likeness (QED) is 0.281. The van der Waals surface area contributed by atoms with Crippen molar-refractivity contribution in [3.05, 3.63) is 88.9 Å². The Bertz CT molecular complexity index is 1170. The summed E-state index contributed by atoms with van der Waals surface area (Å²) < 4.78 is 39.5. The van der Waals surface area contributed by atoms with E-state index in [-0.39, 0.29) is 16.6 Å². The van der Waals surface area contributed by atoms with Crippen molar-refractivity contribution in [1.82, 2.24) is 0 Å². The molecule has 3 rings (SSSR count). The predicted octanol–water partition coefficient (Wildman–Crippen LogP) is 7.96. The first-order valence-corrected chi connectivity index (χ1v) is 12.2. The van der Waals surface area contributed by atoms with Crippen LogP contribution in [0.4, 0.5) is 24.5 Å². The Kier molecular flexibility index (Phi) is 9.23. The van der Waals surface area contributed by atoms with Crippen molar-refractivity contribution in [3.8, 4) is 0 Å². The molecule has 2 N–H and O–H groups in total. The van der Waals surface area contributed by atoms with E-state index < -0.39 is 22.9 Å². The standard InChI is InChI=1S/C26H24ClF3N2O2S/c1-2-3-12-23(33)31-19-10-7-11-20(16-19)35-24(17-8-5-4-6-9-17)25(34)32-22-15-18(26(28,29)30)13-14-21(22)27/h4-11,13-16,24H,2-3,12H2,1H3,(H,31,33)(H,32,34). The van der Waals surface area contributed by atoms with E-state index in [9.17, 15) is 22.8 Å². The highest BCUT2D eigenvalue weighted by atomic mass is 35.5. The van der Waals surface area contributed by atoms with Gasteiger partial charge in [-0.15, -0.1) is 11.8 Å². The molecule has 35 heavy (non-hydrogen) atoms. The molecule has 0 spiro atoms. The molecule has 1 atom stereocenters. The number of nitrogens with one attached hydrogen (secondary N) is 2. The van der Waals surface area contributed by atoms with Crippen LogP contribution in [0.1, 0.15) is 42.6 Å². The van der Waals surface area contributed by atoms with Gasteiger partial charge in [0.1, 0.15) is 5.25 Å². The lowest BCUT2D eigenvalue weighted by molar-refractivity contribution is -0.137. The third kappa shape index (κ3) is 7.77. The summed E-state index contributed by atoms with van der Waals surface area (Å²) in [6, 6.07) is 18.8. The number of halogens is 4. The molecule has 3 aromatic rings. The van der Waals surface area contributed by atoms with Crippen molar-refractivity contribution in [2.75, 3.05) is 10.6 Å². The van der Waals surface area contributed by atoms with Crippen molar-refractivity contribution in [3.63, 3.8) is 0 Å². The minimum Gasteiger partial charge on any atom is -0.326 e. The Balaban J connectivity index is 1.84. The van der Waals surface area contributed by atoms with Gasteiger partial charge < -0.3 is 10.6 Å². The highest BCUT2D eigenvalue weighted by Gasteiger charge is 2.31. The molecule has 0 aliphatic rings. The molecule has 0 bridgehead atoms.